The second kappa shape index (κ2) is 3.94. The van der Waals surface area contributed by atoms with Crippen LogP contribution in [0.5, 0.6) is 0 Å². The van der Waals surface area contributed by atoms with Gasteiger partial charge in [-0.3, -0.25) is 0 Å². The van der Waals surface area contributed by atoms with Gasteiger partial charge in [-0.15, -0.1) is 6.58 Å². The van der Waals surface area contributed by atoms with E-state index < -0.39 is 0 Å². The van der Waals surface area contributed by atoms with Gasteiger partial charge in [-0.1, -0.05) is 39.7 Å². The average molecular weight is 154 g/mol. The summed E-state index contributed by atoms with van der Waals surface area (Å²) in [6.07, 6.45) is 2.42. The van der Waals surface area contributed by atoms with Gasteiger partial charge in [0.05, 0.1) is 0 Å². The smallest absolute Gasteiger partial charge is 0.0268 e. The van der Waals surface area contributed by atoms with Crippen LogP contribution < -0.4 is 0 Å². The van der Waals surface area contributed by atoms with E-state index in [2.05, 4.69) is 41.2 Å². The fourth-order valence-corrected chi connectivity index (χ4v) is 1.43. The Morgan fingerprint density at radius 1 is 1.45 bits per heavy atom. The van der Waals surface area contributed by atoms with Crippen molar-refractivity contribution in [1.82, 2.24) is 0 Å². The van der Waals surface area contributed by atoms with Crippen LogP contribution in [0.4, 0.5) is 0 Å². The lowest BCUT2D eigenvalue weighted by molar-refractivity contribution is 0.207. The molecule has 0 bridgehead atoms. The van der Waals surface area contributed by atoms with Crippen molar-refractivity contribution in [3.63, 3.8) is 0 Å². The quantitative estimate of drug-likeness (QED) is 0.536. The molecule has 0 aromatic heterocycles. The van der Waals surface area contributed by atoms with Crippen LogP contribution in [-0.4, -0.2) is 0 Å². The molecule has 0 aromatic carbocycles. The van der Waals surface area contributed by atoms with Gasteiger partial charge in [-0.2, -0.15) is 0 Å². The minimum absolute atomic E-state index is 0.464. The molecule has 66 valence electrons. The number of rotatable bonds is 4. The molecule has 0 saturated heterocycles. The van der Waals surface area contributed by atoms with Crippen LogP contribution in [0.15, 0.2) is 12.2 Å². The van der Waals surface area contributed by atoms with Crippen LogP contribution in [0.3, 0.4) is 0 Å². The lowest BCUT2D eigenvalue weighted by Gasteiger charge is -2.32. The van der Waals surface area contributed by atoms with E-state index in [0.717, 1.165) is 5.92 Å². The molecule has 0 fully saturated rings. The van der Waals surface area contributed by atoms with E-state index in [1.165, 1.54) is 18.4 Å². The zero-order valence-electron chi connectivity index (χ0n) is 8.70. The van der Waals surface area contributed by atoms with E-state index in [1.54, 1.807) is 0 Å². The van der Waals surface area contributed by atoms with E-state index in [0.29, 0.717) is 5.41 Å². The molecule has 1 atom stereocenters. The molecule has 0 aliphatic heterocycles. The Hall–Kier alpha value is -0.260. The topological polar surface area (TPSA) is 0 Å². The zero-order valence-corrected chi connectivity index (χ0v) is 8.70. The summed E-state index contributed by atoms with van der Waals surface area (Å²) < 4.78 is 0. The minimum atomic E-state index is 0.464. The van der Waals surface area contributed by atoms with Gasteiger partial charge < -0.3 is 0 Å². The minimum Gasteiger partial charge on any atom is -0.100 e. The van der Waals surface area contributed by atoms with E-state index in [9.17, 15) is 0 Å². The molecule has 0 aliphatic rings. The van der Waals surface area contributed by atoms with Crippen molar-refractivity contribution in [3.8, 4) is 0 Å². The summed E-state index contributed by atoms with van der Waals surface area (Å²) in [7, 11) is 0. The van der Waals surface area contributed by atoms with E-state index >= 15 is 0 Å². The summed E-state index contributed by atoms with van der Waals surface area (Å²) in [6, 6.07) is 0. The standard InChI is InChI=1S/C11H22/c1-7-11(6,10(4)5)8-9(2)3/h10H,2,7-8H2,1,3-6H3. The summed E-state index contributed by atoms with van der Waals surface area (Å²) in [5.41, 5.74) is 1.77. The Bertz CT molecular complexity index is 133. The third-order valence-corrected chi connectivity index (χ3v) is 2.91. The van der Waals surface area contributed by atoms with Gasteiger partial charge in [-0.05, 0) is 24.7 Å². The highest BCUT2D eigenvalue weighted by Crippen LogP contribution is 2.36. The fourth-order valence-electron chi connectivity index (χ4n) is 1.43. The first-order valence-electron chi connectivity index (χ1n) is 4.56. The first kappa shape index (κ1) is 10.7. The van der Waals surface area contributed by atoms with Crippen LogP contribution in [0.25, 0.3) is 0 Å². The molecule has 0 N–H and O–H groups in total. The summed E-state index contributed by atoms with van der Waals surface area (Å²) >= 11 is 0. The number of hydrogen-bond donors (Lipinski definition) is 0. The van der Waals surface area contributed by atoms with Gasteiger partial charge in [0.15, 0.2) is 0 Å². The van der Waals surface area contributed by atoms with Crippen LogP contribution in [-0.2, 0) is 0 Å². The Balaban J connectivity index is 4.22. The highest BCUT2D eigenvalue weighted by Gasteiger charge is 2.25. The first-order valence-corrected chi connectivity index (χ1v) is 4.56. The monoisotopic (exact) mass is 154 g/mol. The molecule has 0 nitrogen and oxygen atoms in total. The van der Waals surface area contributed by atoms with Crippen molar-refractivity contribution in [2.75, 3.05) is 0 Å². The van der Waals surface area contributed by atoms with Gasteiger partial charge in [0.1, 0.15) is 0 Å². The molecular weight excluding hydrogens is 132 g/mol. The summed E-state index contributed by atoms with van der Waals surface area (Å²) in [6.45, 7) is 15.3. The van der Waals surface area contributed by atoms with Crippen molar-refractivity contribution >= 4 is 0 Å². The Labute approximate surface area is 71.7 Å². The molecule has 0 saturated carbocycles. The van der Waals surface area contributed by atoms with Gasteiger partial charge in [0.2, 0.25) is 0 Å². The molecule has 0 aliphatic carbocycles. The average Bonchev–Trinajstić information content (AvgIpc) is 1.86. The second-order valence-corrected chi connectivity index (χ2v) is 4.30. The van der Waals surface area contributed by atoms with Crippen molar-refractivity contribution in [2.45, 2.75) is 47.5 Å². The van der Waals surface area contributed by atoms with E-state index in [4.69, 9.17) is 0 Å². The van der Waals surface area contributed by atoms with Crippen molar-refractivity contribution in [1.29, 1.82) is 0 Å². The van der Waals surface area contributed by atoms with Crippen LogP contribution >= 0.6 is 0 Å². The SMILES string of the molecule is C=C(C)CC(C)(CC)C(C)C. The Morgan fingerprint density at radius 2 is 1.91 bits per heavy atom. The molecule has 0 heteroatoms. The first-order chi connectivity index (χ1) is 4.92. The predicted molar refractivity (Wildman–Crippen MR) is 52.7 cm³/mol. The van der Waals surface area contributed by atoms with E-state index in [1.807, 2.05) is 0 Å². The maximum absolute atomic E-state index is 3.97. The molecular formula is C11H22. The Kier molecular flexibility index (Phi) is 3.85. The molecule has 0 rings (SSSR count). The van der Waals surface area contributed by atoms with Gasteiger partial charge in [0, 0.05) is 0 Å². The summed E-state index contributed by atoms with van der Waals surface area (Å²) in [4.78, 5) is 0. The van der Waals surface area contributed by atoms with Gasteiger partial charge in [0.25, 0.3) is 0 Å². The summed E-state index contributed by atoms with van der Waals surface area (Å²) in [5, 5.41) is 0. The third kappa shape index (κ3) is 3.09. The number of allylic oxidation sites excluding steroid dienone is 1. The van der Waals surface area contributed by atoms with Crippen molar-refractivity contribution in [2.24, 2.45) is 11.3 Å². The van der Waals surface area contributed by atoms with Crippen molar-refractivity contribution < 1.29 is 0 Å². The maximum Gasteiger partial charge on any atom is -0.0268 e. The normalized spacial score (nSPS) is 16.5. The maximum atomic E-state index is 3.97. The zero-order chi connectivity index (χ0) is 9.07. The molecule has 1 unspecified atom stereocenters. The summed E-state index contributed by atoms with van der Waals surface area (Å²) in [5.74, 6) is 0.754. The lowest BCUT2D eigenvalue weighted by Crippen LogP contribution is -2.22. The van der Waals surface area contributed by atoms with Gasteiger partial charge in [-0.25, -0.2) is 0 Å². The molecule has 0 amide bonds. The van der Waals surface area contributed by atoms with Crippen molar-refractivity contribution in [3.05, 3.63) is 12.2 Å². The predicted octanol–water partition coefficient (Wildman–Crippen LogP) is 4.02. The lowest BCUT2D eigenvalue weighted by atomic mass is 9.73. The van der Waals surface area contributed by atoms with Crippen LogP contribution in [0, 0.1) is 11.3 Å². The number of hydrogen-bond acceptors (Lipinski definition) is 0. The third-order valence-electron chi connectivity index (χ3n) is 2.91. The van der Waals surface area contributed by atoms with Gasteiger partial charge >= 0.3 is 0 Å². The highest BCUT2D eigenvalue weighted by atomic mass is 14.3. The second-order valence-electron chi connectivity index (χ2n) is 4.30. The largest absolute Gasteiger partial charge is 0.100 e. The molecule has 0 heterocycles. The Morgan fingerprint density at radius 3 is 2.00 bits per heavy atom. The van der Waals surface area contributed by atoms with Crippen LogP contribution in [0.2, 0.25) is 0 Å². The molecule has 0 aromatic rings. The van der Waals surface area contributed by atoms with Crippen LogP contribution in [0.1, 0.15) is 47.5 Å². The molecule has 11 heavy (non-hydrogen) atoms. The molecule has 0 spiro atoms. The fraction of sp³-hybridized carbons (Fsp3) is 0.818. The molecule has 0 radical (unpaired) electrons. The van der Waals surface area contributed by atoms with E-state index in [-0.39, 0.29) is 0 Å². The highest BCUT2D eigenvalue weighted by molar-refractivity contribution is 4.95.